The summed E-state index contributed by atoms with van der Waals surface area (Å²) in [5.74, 6) is 1.70. The molecule has 3 rings (SSSR count). The molecule has 2 aliphatic rings. The van der Waals surface area contributed by atoms with Crippen LogP contribution in [0.25, 0.3) is 0 Å². The van der Waals surface area contributed by atoms with Gasteiger partial charge < -0.3 is 14.4 Å². The summed E-state index contributed by atoms with van der Waals surface area (Å²) in [6, 6.07) is 4.32. The number of ether oxygens (including phenoxy) is 2. The van der Waals surface area contributed by atoms with Crippen molar-refractivity contribution in [2.45, 2.75) is 45.1 Å². The number of hydrogen-bond acceptors (Lipinski definition) is 4. The van der Waals surface area contributed by atoms with Crippen molar-refractivity contribution in [3.63, 3.8) is 0 Å². The van der Waals surface area contributed by atoms with Gasteiger partial charge >= 0.3 is 0 Å². The lowest BCUT2D eigenvalue weighted by Crippen LogP contribution is -2.33. The molecular weight excluding hydrogens is 300 g/mol. The van der Waals surface area contributed by atoms with Gasteiger partial charge in [0.25, 0.3) is 0 Å². The molecule has 0 aromatic heterocycles. The Bertz CT molecular complexity index is 527. The van der Waals surface area contributed by atoms with E-state index < -0.39 is 0 Å². The molecule has 1 aromatic carbocycles. The van der Waals surface area contributed by atoms with Crippen LogP contribution in [0, 0.1) is 0 Å². The Morgan fingerprint density at radius 1 is 0.792 bits per heavy atom. The molecule has 2 aliphatic heterocycles. The van der Waals surface area contributed by atoms with Gasteiger partial charge in [-0.2, -0.15) is 0 Å². The summed E-state index contributed by atoms with van der Waals surface area (Å²) < 4.78 is 10.9. The summed E-state index contributed by atoms with van der Waals surface area (Å²) in [6.07, 6.45) is 7.97. The van der Waals surface area contributed by atoms with Gasteiger partial charge in [0, 0.05) is 13.1 Å². The van der Waals surface area contributed by atoms with Crippen LogP contribution in [-0.4, -0.2) is 56.7 Å². The minimum Gasteiger partial charge on any atom is -0.493 e. The fourth-order valence-corrected chi connectivity index (χ4v) is 3.99. The zero-order chi connectivity index (χ0) is 16.8. The number of methoxy groups -OCH3 is 2. The van der Waals surface area contributed by atoms with Crippen LogP contribution < -0.4 is 9.47 Å². The minimum absolute atomic E-state index is 0.850. The van der Waals surface area contributed by atoms with Gasteiger partial charge in [-0.05, 0) is 81.5 Å². The van der Waals surface area contributed by atoms with Crippen molar-refractivity contribution >= 4 is 0 Å². The lowest BCUT2D eigenvalue weighted by atomic mass is 9.98. The standard InChI is InChI=1S/C20H32N2O2/c1-23-19-14-17-8-13-22(16-18(17)15-20(19)24-2)12-7-6-11-21-9-4-3-5-10-21/h14-15H,3-13,16H2,1-2H3. The summed E-state index contributed by atoms with van der Waals surface area (Å²) >= 11 is 0. The van der Waals surface area contributed by atoms with Gasteiger partial charge in [0.05, 0.1) is 14.2 Å². The number of likely N-dealkylation sites (tertiary alicyclic amines) is 1. The zero-order valence-corrected chi connectivity index (χ0v) is 15.4. The summed E-state index contributed by atoms with van der Waals surface area (Å²) in [6.45, 7) is 7.33. The summed E-state index contributed by atoms with van der Waals surface area (Å²) in [7, 11) is 3.42. The van der Waals surface area contributed by atoms with Crippen LogP contribution in [0.4, 0.5) is 0 Å². The SMILES string of the molecule is COc1cc2c(cc1OC)CN(CCCCN1CCCCC1)CC2. The molecule has 0 bridgehead atoms. The Hall–Kier alpha value is -1.26. The predicted octanol–water partition coefficient (Wildman–Crippen LogP) is 3.33. The second-order valence-electron chi connectivity index (χ2n) is 7.11. The van der Waals surface area contributed by atoms with E-state index in [9.17, 15) is 0 Å². The largest absolute Gasteiger partial charge is 0.493 e. The Labute approximate surface area is 146 Å². The molecule has 0 radical (unpaired) electrons. The van der Waals surface area contributed by atoms with Crippen molar-refractivity contribution in [1.82, 2.24) is 9.80 Å². The van der Waals surface area contributed by atoms with Crippen molar-refractivity contribution in [3.8, 4) is 11.5 Å². The average molecular weight is 332 g/mol. The highest BCUT2D eigenvalue weighted by molar-refractivity contribution is 5.48. The number of rotatable bonds is 7. The van der Waals surface area contributed by atoms with Crippen LogP contribution in [0.15, 0.2) is 12.1 Å². The second kappa shape index (κ2) is 8.72. The van der Waals surface area contributed by atoms with E-state index in [1.807, 2.05) is 0 Å². The number of nitrogens with zero attached hydrogens (tertiary/aromatic N) is 2. The molecule has 1 saturated heterocycles. The Morgan fingerprint density at radius 3 is 2.08 bits per heavy atom. The highest BCUT2D eigenvalue weighted by Crippen LogP contribution is 2.33. The number of hydrogen-bond donors (Lipinski definition) is 0. The average Bonchev–Trinajstić information content (AvgIpc) is 2.64. The molecule has 0 amide bonds. The van der Waals surface area contributed by atoms with Crippen molar-refractivity contribution in [2.24, 2.45) is 0 Å². The van der Waals surface area contributed by atoms with Crippen molar-refractivity contribution in [3.05, 3.63) is 23.3 Å². The Morgan fingerprint density at radius 2 is 1.42 bits per heavy atom. The topological polar surface area (TPSA) is 24.9 Å². The van der Waals surface area contributed by atoms with Crippen molar-refractivity contribution in [2.75, 3.05) is 46.9 Å². The first kappa shape index (κ1) is 17.6. The third kappa shape index (κ3) is 4.42. The van der Waals surface area contributed by atoms with Crippen LogP contribution in [0.1, 0.15) is 43.2 Å². The first-order valence-corrected chi connectivity index (χ1v) is 9.48. The summed E-state index contributed by atoms with van der Waals surface area (Å²) in [5, 5.41) is 0. The molecular formula is C20H32N2O2. The first-order chi connectivity index (χ1) is 11.8. The molecule has 0 spiro atoms. The smallest absolute Gasteiger partial charge is 0.161 e. The molecule has 0 aliphatic carbocycles. The molecule has 0 N–H and O–H groups in total. The van der Waals surface area contributed by atoms with Gasteiger partial charge in [0.15, 0.2) is 11.5 Å². The molecule has 1 aromatic rings. The number of benzene rings is 1. The molecule has 134 valence electrons. The maximum Gasteiger partial charge on any atom is 0.161 e. The van der Waals surface area contributed by atoms with Crippen molar-refractivity contribution < 1.29 is 9.47 Å². The number of piperidine rings is 1. The Balaban J connectivity index is 1.46. The Kier molecular flexibility index (Phi) is 6.38. The monoisotopic (exact) mass is 332 g/mol. The summed E-state index contributed by atoms with van der Waals surface area (Å²) in [4.78, 5) is 5.23. The van der Waals surface area contributed by atoms with Crippen molar-refractivity contribution in [1.29, 1.82) is 0 Å². The molecule has 0 unspecified atom stereocenters. The molecule has 1 fully saturated rings. The third-order valence-electron chi connectivity index (χ3n) is 5.44. The minimum atomic E-state index is 0.850. The van der Waals surface area contributed by atoms with Crippen LogP contribution in [0.2, 0.25) is 0 Å². The normalized spacial score (nSPS) is 19.1. The molecule has 4 heteroatoms. The van der Waals surface area contributed by atoms with E-state index in [1.54, 1.807) is 14.2 Å². The van der Waals surface area contributed by atoms with E-state index in [1.165, 1.54) is 69.4 Å². The van der Waals surface area contributed by atoms with Crippen LogP contribution in [0.5, 0.6) is 11.5 Å². The fourth-order valence-electron chi connectivity index (χ4n) is 3.99. The fraction of sp³-hybridized carbons (Fsp3) is 0.700. The number of unbranched alkanes of at least 4 members (excludes halogenated alkanes) is 1. The summed E-state index contributed by atoms with van der Waals surface area (Å²) in [5.41, 5.74) is 2.81. The lowest BCUT2D eigenvalue weighted by molar-refractivity contribution is 0.209. The van der Waals surface area contributed by atoms with E-state index in [0.717, 1.165) is 31.0 Å². The molecule has 4 nitrogen and oxygen atoms in total. The van der Waals surface area contributed by atoms with Gasteiger partial charge in [-0.15, -0.1) is 0 Å². The molecule has 0 atom stereocenters. The maximum absolute atomic E-state index is 5.45. The zero-order valence-electron chi connectivity index (χ0n) is 15.4. The second-order valence-corrected chi connectivity index (χ2v) is 7.11. The van der Waals surface area contributed by atoms with Gasteiger partial charge in [-0.3, -0.25) is 4.90 Å². The quantitative estimate of drug-likeness (QED) is 0.715. The van der Waals surface area contributed by atoms with E-state index in [4.69, 9.17) is 9.47 Å². The molecule has 24 heavy (non-hydrogen) atoms. The molecule has 0 saturated carbocycles. The van der Waals surface area contributed by atoms with E-state index in [-0.39, 0.29) is 0 Å². The molecule has 2 heterocycles. The highest BCUT2D eigenvalue weighted by Gasteiger charge is 2.19. The van der Waals surface area contributed by atoms with E-state index >= 15 is 0 Å². The van der Waals surface area contributed by atoms with E-state index in [0.29, 0.717) is 0 Å². The highest BCUT2D eigenvalue weighted by atomic mass is 16.5. The third-order valence-corrected chi connectivity index (χ3v) is 5.44. The predicted molar refractivity (Wildman–Crippen MR) is 98.1 cm³/mol. The lowest BCUT2D eigenvalue weighted by Gasteiger charge is -2.30. The van der Waals surface area contributed by atoms with Gasteiger partial charge in [0.2, 0.25) is 0 Å². The van der Waals surface area contributed by atoms with E-state index in [2.05, 4.69) is 21.9 Å². The van der Waals surface area contributed by atoms with Gasteiger partial charge in [-0.1, -0.05) is 6.42 Å². The van der Waals surface area contributed by atoms with Crippen LogP contribution >= 0.6 is 0 Å². The van der Waals surface area contributed by atoms with Crippen LogP contribution in [-0.2, 0) is 13.0 Å². The van der Waals surface area contributed by atoms with Crippen LogP contribution in [0.3, 0.4) is 0 Å². The van der Waals surface area contributed by atoms with Gasteiger partial charge in [0.1, 0.15) is 0 Å². The number of fused-ring (bicyclic) bond motifs is 1. The first-order valence-electron chi connectivity index (χ1n) is 9.48. The maximum atomic E-state index is 5.45. The van der Waals surface area contributed by atoms with Gasteiger partial charge in [-0.25, -0.2) is 0 Å².